The summed E-state index contributed by atoms with van der Waals surface area (Å²) in [5.41, 5.74) is 3.60. The van der Waals surface area contributed by atoms with Crippen molar-refractivity contribution in [2.75, 3.05) is 26.2 Å². The molecule has 1 fully saturated rings. The van der Waals surface area contributed by atoms with Crippen molar-refractivity contribution < 1.29 is 0 Å². The van der Waals surface area contributed by atoms with Gasteiger partial charge in [0.25, 0.3) is 0 Å². The fourth-order valence-electron chi connectivity index (χ4n) is 2.45. The molecule has 0 atom stereocenters. The summed E-state index contributed by atoms with van der Waals surface area (Å²) in [6.07, 6.45) is 0. The highest BCUT2D eigenvalue weighted by atomic mass is 15.2. The molecule has 0 saturated carbocycles. The number of piperazine rings is 1. The molecule has 2 N–H and O–H groups in total. The molecule has 1 aliphatic rings. The van der Waals surface area contributed by atoms with Crippen molar-refractivity contribution in [1.29, 1.82) is 0 Å². The van der Waals surface area contributed by atoms with E-state index in [4.69, 9.17) is 0 Å². The Hall–Kier alpha value is -1.39. The molecule has 0 unspecified atom stereocenters. The zero-order valence-electron chi connectivity index (χ0n) is 10.2. The summed E-state index contributed by atoms with van der Waals surface area (Å²) >= 11 is 0. The Morgan fingerprint density at radius 3 is 2.94 bits per heavy atom. The lowest BCUT2D eigenvalue weighted by Gasteiger charge is -2.27. The molecule has 0 radical (unpaired) electrons. The second-order valence-electron chi connectivity index (χ2n) is 4.66. The number of hydrogen-bond acceptors (Lipinski definition) is 3. The van der Waals surface area contributed by atoms with Gasteiger partial charge in [-0.15, -0.1) is 0 Å². The van der Waals surface area contributed by atoms with E-state index in [-0.39, 0.29) is 0 Å². The lowest BCUT2D eigenvalue weighted by molar-refractivity contribution is 0.234. The predicted octanol–water partition coefficient (Wildman–Crippen LogP) is 1.28. The third kappa shape index (κ3) is 2.18. The van der Waals surface area contributed by atoms with E-state index in [0.29, 0.717) is 0 Å². The Balaban J connectivity index is 1.88. The highest BCUT2D eigenvalue weighted by Gasteiger charge is 2.12. The van der Waals surface area contributed by atoms with E-state index in [0.717, 1.165) is 49.6 Å². The van der Waals surface area contributed by atoms with Crippen LogP contribution in [0.1, 0.15) is 11.4 Å². The number of H-pyrrole nitrogens is 1. The van der Waals surface area contributed by atoms with Gasteiger partial charge in [-0.1, -0.05) is 12.1 Å². The van der Waals surface area contributed by atoms with Crippen LogP contribution in [0.3, 0.4) is 0 Å². The Bertz CT molecular complexity index is 511. The Morgan fingerprint density at radius 1 is 1.29 bits per heavy atom. The van der Waals surface area contributed by atoms with Crippen LogP contribution in [0, 0.1) is 6.92 Å². The Kier molecular flexibility index (Phi) is 2.82. The van der Waals surface area contributed by atoms with Crippen molar-refractivity contribution in [1.82, 2.24) is 20.2 Å². The van der Waals surface area contributed by atoms with Gasteiger partial charge in [0.1, 0.15) is 5.82 Å². The van der Waals surface area contributed by atoms with Crippen molar-refractivity contribution >= 4 is 11.0 Å². The quantitative estimate of drug-likeness (QED) is 0.816. The molecule has 17 heavy (non-hydrogen) atoms. The summed E-state index contributed by atoms with van der Waals surface area (Å²) in [4.78, 5) is 10.4. The first-order chi connectivity index (χ1) is 8.33. The van der Waals surface area contributed by atoms with E-state index in [2.05, 4.69) is 38.4 Å². The van der Waals surface area contributed by atoms with Crippen molar-refractivity contribution in [2.45, 2.75) is 13.5 Å². The molecule has 0 amide bonds. The highest BCUT2D eigenvalue weighted by molar-refractivity contribution is 5.78. The molecule has 0 bridgehead atoms. The number of nitrogens with zero attached hydrogens (tertiary/aromatic N) is 2. The molecule has 1 aromatic heterocycles. The summed E-state index contributed by atoms with van der Waals surface area (Å²) in [5.74, 6) is 0.993. The van der Waals surface area contributed by atoms with Gasteiger partial charge in [-0.05, 0) is 18.6 Å². The molecule has 90 valence electrons. The minimum absolute atomic E-state index is 0.993. The number of fused-ring (bicyclic) bond motifs is 1. The molecule has 0 spiro atoms. The molecule has 1 saturated heterocycles. The molecule has 3 rings (SSSR count). The average Bonchev–Trinajstić information content (AvgIpc) is 2.72. The largest absolute Gasteiger partial charge is 0.342 e. The Labute approximate surface area is 101 Å². The van der Waals surface area contributed by atoms with Crippen LogP contribution in [0.15, 0.2) is 18.2 Å². The minimum Gasteiger partial charge on any atom is -0.342 e. The maximum absolute atomic E-state index is 4.58. The fraction of sp³-hybridized carbons (Fsp3) is 0.462. The topological polar surface area (TPSA) is 44.0 Å². The second kappa shape index (κ2) is 4.47. The number of benzene rings is 1. The summed E-state index contributed by atoms with van der Waals surface area (Å²) in [7, 11) is 0. The molecule has 1 aliphatic heterocycles. The third-order valence-corrected chi connectivity index (χ3v) is 3.32. The van der Waals surface area contributed by atoms with Crippen LogP contribution in [-0.4, -0.2) is 41.0 Å². The van der Waals surface area contributed by atoms with Gasteiger partial charge in [-0.2, -0.15) is 0 Å². The second-order valence-corrected chi connectivity index (χ2v) is 4.66. The molecule has 4 nitrogen and oxygen atoms in total. The lowest BCUT2D eigenvalue weighted by atomic mass is 10.1. The number of rotatable bonds is 2. The van der Waals surface area contributed by atoms with E-state index in [9.17, 15) is 0 Å². The highest BCUT2D eigenvalue weighted by Crippen LogP contribution is 2.18. The number of para-hydroxylation sites is 1. The van der Waals surface area contributed by atoms with Crippen LogP contribution in [-0.2, 0) is 6.54 Å². The van der Waals surface area contributed by atoms with Crippen LogP contribution in [0.4, 0.5) is 0 Å². The van der Waals surface area contributed by atoms with E-state index < -0.39 is 0 Å². The average molecular weight is 230 g/mol. The number of aryl methyl sites for hydroxylation is 1. The van der Waals surface area contributed by atoms with Gasteiger partial charge < -0.3 is 10.3 Å². The van der Waals surface area contributed by atoms with Crippen molar-refractivity contribution in [2.24, 2.45) is 0 Å². The summed E-state index contributed by atoms with van der Waals surface area (Å²) < 4.78 is 0. The van der Waals surface area contributed by atoms with Gasteiger partial charge in [0.15, 0.2) is 0 Å². The first-order valence-electron chi connectivity index (χ1n) is 6.20. The van der Waals surface area contributed by atoms with E-state index in [1.807, 2.05) is 6.92 Å². The normalized spacial score (nSPS) is 17.7. The van der Waals surface area contributed by atoms with Crippen LogP contribution < -0.4 is 5.32 Å². The van der Waals surface area contributed by atoms with Gasteiger partial charge in [-0.3, -0.25) is 4.90 Å². The number of aromatic amines is 1. The zero-order chi connectivity index (χ0) is 11.7. The smallest absolute Gasteiger partial charge is 0.104 e. The Morgan fingerprint density at radius 2 is 2.12 bits per heavy atom. The first-order valence-corrected chi connectivity index (χ1v) is 6.20. The van der Waals surface area contributed by atoms with Crippen LogP contribution in [0.25, 0.3) is 11.0 Å². The van der Waals surface area contributed by atoms with Crippen LogP contribution >= 0.6 is 0 Å². The molecule has 0 aliphatic carbocycles. The van der Waals surface area contributed by atoms with E-state index >= 15 is 0 Å². The first kappa shape index (κ1) is 10.7. The monoisotopic (exact) mass is 230 g/mol. The van der Waals surface area contributed by atoms with E-state index in [1.54, 1.807) is 0 Å². The van der Waals surface area contributed by atoms with E-state index in [1.165, 1.54) is 5.56 Å². The van der Waals surface area contributed by atoms with Crippen LogP contribution in [0.2, 0.25) is 0 Å². The number of hydrogen-bond donors (Lipinski definition) is 2. The van der Waals surface area contributed by atoms with Gasteiger partial charge in [0.05, 0.1) is 11.0 Å². The van der Waals surface area contributed by atoms with Gasteiger partial charge in [-0.25, -0.2) is 4.98 Å². The zero-order valence-corrected chi connectivity index (χ0v) is 10.2. The lowest BCUT2D eigenvalue weighted by Crippen LogP contribution is -2.42. The minimum atomic E-state index is 0.993. The van der Waals surface area contributed by atoms with Gasteiger partial charge >= 0.3 is 0 Å². The summed E-state index contributed by atoms with van der Waals surface area (Å²) in [5, 5.41) is 3.38. The SMILES string of the molecule is Cc1nc2c(CN3CCNCC3)cccc2[nH]1. The molecule has 2 heterocycles. The standard InChI is InChI=1S/C13H18N4/c1-10-15-12-4-2-3-11(13(12)16-10)9-17-7-5-14-6-8-17/h2-4,14H,5-9H2,1H3,(H,15,16). The van der Waals surface area contributed by atoms with Crippen molar-refractivity contribution in [3.8, 4) is 0 Å². The van der Waals surface area contributed by atoms with Crippen LogP contribution in [0.5, 0.6) is 0 Å². The van der Waals surface area contributed by atoms with Crippen molar-refractivity contribution in [3.63, 3.8) is 0 Å². The fourth-order valence-corrected chi connectivity index (χ4v) is 2.45. The molecular weight excluding hydrogens is 212 g/mol. The third-order valence-electron chi connectivity index (χ3n) is 3.32. The van der Waals surface area contributed by atoms with Gasteiger partial charge in [0, 0.05) is 32.7 Å². The summed E-state index contributed by atoms with van der Waals surface area (Å²) in [6.45, 7) is 7.45. The number of imidazole rings is 1. The maximum atomic E-state index is 4.58. The molecule has 1 aromatic carbocycles. The molecular formula is C13H18N4. The number of nitrogens with one attached hydrogen (secondary N) is 2. The molecule has 4 heteroatoms. The van der Waals surface area contributed by atoms with Gasteiger partial charge in [0.2, 0.25) is 0 Å². The maximum Gasteiger partial charge on any atom is 0.104 e. The molecule has 2 aromatic rings. The summed E-state index contributed by atoms with van der Waals surface area (Å²) in [6, 6.07) is 6.39. The van der Waals surface area contributed by atoms with Crippen molar-refractivity contribution in [3.05, 3.63) is 29.6 Å². The number of aromatic nitrogens is 2. The predicted molar refractivity (Wildman–Crippen MR) is 69.0 cm³/mol.